The fourth-order valence-corrected chi connectivity index (χ4v) is 3.33. The molecule has 0 unspecified atom stereocenters. The third kappa shape index (κ3) is 2.95. The number of ether oxygens (including phenoxy) is 2. The van der Waals surface area contributed by atoms with Crippen LogP contribution in [-0.2, 0) is 14.3 Å². The van der Waals surface area contributed by atoms with E-state index in [0.29, 0.717) is 22.7 Å². The minimum absolute atomic E-state index is 0.159. The fourth-order valence-electron chi connectivity index (χ4n) is 1.54. The Hall–Kier alpha value is -1.57. The van der Waals surface area contributed by atoms with Crippen LogP contribution in [0.15, 0.2) is 29.5 Å². The van der Waals surface area contributed by atoms with Crippen LogP contribution >= 0.6 is 34.3 Å². The van der Waals surface area contributed by atoms with Gasteiger partial charge in [-0.2, -0.15) is 0 Å². The van der Waals surface area contributed by atoms with Crippen molar-refractivity contribution in [2.24, 2.45) is 0 Å². The van der Waals surface area contributed by atoms with Gasteiger partial charge in [-0.05, 0) is 12.1 Å². The van der Waals surface area contributed by atoms with E-state index in [2.05, 4.69) is 10.3 Å². The van der Waals surface area contributed by atoms with Crippen LogP contribution in [0.2, 0.25) is 4.34 Å². The van der Waals surface area contributed by atoms with E-state index in [1.54, 1.807) is 0 Å². The van der Waals surface area contributed by atoms with Crippen molar-refractivity contribution in [3.8, 4) is 10.6 Å². The van der Waals surface area contributed by atoms with Crippen molar-refractivity contribution in [2.45, 2.75) is 0 Å². The Bertz CT molecular complexity index is 665. The second-order valence-electron chi connectivity index (χ2n) is 3.80. The van der Waals surface area contributed by atoms with E-state index in [-0.39, 0.29) is 11.7 Å². The number of hydrogen-bond donors (Lipinski definition) is 1. The maximum absolute atomic E-state index is 11.9. The summed E-state index contributed by atoms with van der Waals surface area (Å²) >= 11 is 8.67. The van der Waals surface area contributed by atoms with Crippen molar-refractivity contribution in [3.63, 3.8) is 0 Å². The Kier molecular flexibility index (Phi) is 3.90. The molecule has 0 radical (unpaired) electrons. The molecule has 1 N–H and O–H groups in total. The first-order chi connectivity index (χ1) is 9.72. The van der Waals surface area contributed by atoms with Crippen LogP contribution in [0.4, 0.5) is 5.13 Å². The summed E-state index contributed by atoms with van der Waals surface area (Å²) in [5.74, 6) is -0.206. The number of nitrogens with zero attached hydrogens (tertiary/aromatic N) is 1. The van der Waals surface area contributed by atoms with Crippen LogP contribution in [0.3, 0.4) is 0 Å². The lowest BCUT2D eigenvalue weighted by Gasteiger charge is -2.14. The molecule has 104 valence electrons. The van der Waals surface area contributed by atoms with E-state index in [1.807, 2.05) is 17.5 Å². The SMILES string of the molecule is O=C(Nc1nc(-c2ccc(Cl)s2)cs1)C1=COCCO1. The largest absolute Gasteiger partial charge is 0.494 e. The molecular weight excluding hydrogens is 320 g/mol. The summed E-state index contributed by atoms with van der Waals surface area (Å²) in [5, 5.41) is 5.05. The van der Waals surface area contributed by atoms with Crippen LogP contribution < -0.4 is 5.32 Å². The number of carbonyl (C=O) groups excluding carboxylic acids is 1. The molecule has 1 aliphatic rings. The molecule has 3 rings (SSSR count). The van der Waals surface area contributed by atoms with Crippen LogP contribution in [0.5, 0.6) is 0 Å². The van der Waals surface area contributed by atoms with Crippen molar-refractivity contribution >= 4 is 45.3 Å². The molecule has 0 atom stereocenters. The van der Waals surface area contributed by atoms with Crippen LogP contribution in [-0.4, -0.2) is 24.1 Å². The fraction of sp³-hybridized carbons (Fsp3) is 0.167. The van der Waals surface area contributed by atoms with Gasteiger partial charge >= 0.3 is 0 Å². The maximum Gasteiger partial charge on any atom is 0.295 e. The Labute approximate surface area is 127 Å². The van der Waals surface area contributed by atoms with Crippen LogP contribution in [0, 0.1) is 0 Å². The highest BCUT2D eigenvalue weighted by molar-refractivity contribution is 7.20. The minimum atomic E-state index is -0.366. The number of halogens is 1. The van der Waals surface area contributed by atoms with Gasteiger partial charge in [0.05, 0.1) is 14.9 Å². The summed E-state index contributed by atoms with van der Waals surface area (Å²) in [4.78, 5) is 17.2. The third-order valence-electron chi connectivity index (χ3n) is 2.42. The molecule has 20 heavy (non-hydrogen) atoms. The number of anilines is 1. The molecular formula is C12H9ClN2O3S2. The number of aromatic nitrogens is 1. The van der Waals surface area contributed by atoms with Crippen molar-refractivity contribution in [3.05, 3.63) is 33.9 Å². The molecule has 0 aliphatic carbocycles. The van der Waals surface area contributed by atoms with Gasteiger partial charge in [-0.1, -0.05) is 11.6 Å². The molecule has 0 spiro atoms. The second kappa shape index (κ2) is 5.82. The molecule has 3 heterocycles. The zero-order valence-electron chi connectivity index (χ0n) is 10.1. The average molecular weight is 329 g/mol. The van der Waals surface area contributed by atoms with Gasteiger partial charge in [0.15, 0.2) is 5.13 Å². The van der Waals surface area contributed by atoms with Gasteiger partial charge < -0.3 is 9.47 Å². The third-order valence-corrected chi connectivity index (χ3v) is 4.43. The van der Waals surface area contributed by atoms with E-state index in [9.17, 15) is 4.79 Å². The van der Waals surface area contributed by atoms with Crippen molar-refractivity contribution in [1.29, 1.82) is 0 Å². The predicted molar refractivity (Wildman–Crippen MR) is 79.1 cm³/mol. The number of rotatable bonds is 3. The second-order valence-corrected chi connectivity index (χ2v) is 6.37. The molecule has 0 saturated carbocycles. The lowest BCUT2D eigenvalue weighted by molar-refractivity contribution is -0.117. The van der Waals surface area contributed by atoms with Gasteiger partial charge in [-0.3, -0.25) is 10.1 Å². The summed E-state index contributed by atoms with van der Waals surface area (Å²) in [5.41, 5.74) is 0.789. The summed E-state index contributed by atoms with van der Waals surface area (Å²) in [6.07, 6.45) is 1.31. The highest BCUT2D eigenvalue weighted by atomic mass is 35.5. The lowest BCUT2D eigenvalue weighted by Crippen LogP contribution is -2.21. The van der Waals surface area contributed by atoms with Gasteiger partial charge in [0.1, 0.15) is 19.5 Å². The summed E-state index contributed by atoms with van der Waals surface area (Å²) in [6.45, 7) is 0.827. The minimum Gasteiger partial charge on any atom is -0.494 e. The molecule has 5 nitrogen and oxygen atoms in total. The number of thiazole rings is 1. The van der Waals surface area contributed by atoms with Gasteiger partial charge in [0, 0.05) is 5.38 Å². The highest BCUT2D eigenvalue weighted by Gasteiger charge is 2.17. The Morgan fingerprint density at radius 2 is 2.30 bits per heavy atom. The van der Waals surface area contributed by atoms with E-state index < -0.39 is 0 Å². The summed E-state index contributed by atoms with van der Waals surface area (Å²) < 4.78 is 10.9. The summed E-state index contributed by atoms with van der Waals surface area (Å²) in [7, 11) is 0. The van der Waals surface area contributed by atoms with Crippen molar-refractivity contribution in [1.82, 2.24) is 4.98 Å². The zero-order chi connectivity index (χ0) is 13.9. The molecule has 0 saturated heterocycles. The molecule has 0 bridgehead atoms. The number of hydrogen-bond acceptors (Lipinski definition) is 6. The Morgan fingerprint density at radius 1 is 1.40 bits per heavy atom. The van der Waals surface area contributed by atoms with Gasteiger partial charge in [0.2, 0.25) is 5.76 Å². The quantitative estimate of drug-likeness (QED) is 0.938. The molecule has 2 aromatic heterocycles. The van der Waals surface area contributed by atoms with E-state index in [0.717, 1.165) is 10.6 Å². The number of amides is 1. The monoisotopic (exact) mass is 328 g/mol. The van der Waals surface area contributed by atoms with E-state index in [4.69, 9.17) is 21.1 Å². The zero-order valence-corrected chi connectivity index (χ0v) is 12.5. The topological polar surface area (TPSA) is 60.5 Å². The Balaban J connectivity index is 1.71. The van der Waals surface area contributed by atoms with E-state index >= 15 is 0 Å². The molecule has 2 aromatic rings. The lowest BCUT2D eigenvalue weighted by atomic mass is 10.4. The van der Waals surface area contributed by atoms with Gasteiger partial charge in [-0.25, -0.2) is 4.98 Å². The average Bonchev–Trinajstić information content (AvgIpc) is 3.09. The summed E-state index contributed by atoms with van der Waals surface area (Å²) in [6, 6.07) is 3.71. The molecule has 1 amide bonds. The maximum atomic E-state index is 11.9. The van der Waals surface area contributed by atoms with E-state index in [1.165, 1.54) is 28.9 Å². The molecule has 0 aromatic carbocycles. The van der Waals surface area contributed by atoms with Crippen LogP contribution in [0.1, 0.15) is 0 Å². The first-order valence-electron chi connectivity index (χ1n) is 5.69. The number of nitrogens with one attached hydrogen (secondary N) is 1. The number of carbonyl (C=O) groups is 1. The van der Waals surface area contributed by atoms with Crippen LogP contribution in [0.25, 0.3) is 10.6 Å². The van der Waals surface area contributed by atoms with Crippen molar-refractivity contribution < 1.29 is 14.3 Å². The smallest absolute Gasteiger partial charge is 0.295 e. The van der Waals surface area contributed by atoms with Gasteiger partial charge in [-0.15, -0.1) is 22.7 Å². The normalized spacial score (nSPS) is 14.2. The molecule has 0 fully saturated rings. The predicted octanol–water partition coefficient (Wildman–Crippen LogP) is 3.35. The molecule has 1 aliphatic heterocycles. The number of thiophene rings is 1. The first-order valence-corrected chi connectivity index (χ1v) is 7.77. The van der Waals surface area contributed by atoms with Crippen molar-refractivity contribution in [2.75, 3.05) is 18.5 Å². The Morgan fingerprint density at radius 3 is 3.00 bits per heavy atom. The first kappa shape index (κ1) is 13.4. The standard InChI is InChI=1S/C12H9ClN2O3S2/c13-10-2-1-9(20-10)7-6-19-12(14-7)15-11(16)8-5-17-3-4-18-8/h1-2,5-6H,3-4H2,(H,14,15,16). The highest BCUT2D eigenvalue weighted by Crippen LogP contribution is 2.32. The molecule has 8 heteroatoms. The van der Waals surface area contributed by atoms with Gasteiger partial charge in [0.25, 0.3) is 5.91 Å².